The molecule has 1 aliphatic heterocycles. The van der Waals surface area contributed by atoms with Crippen molar-refractivity contribution in [2.45, 2.75) is 19.4 Å². The number of anilines is 1. The van der Waals surface area contributed by atoms with Gasteiger partial charge in [0.05, 0.1) is 6.61 Å². The van der Waals surface area contributed by atoms with Crippen LogP contribution >= 0.6 is 0 Å². The summed E-state index contributed by atoms with van der Waals surface area (Å²) in [4.78, 5) is 15.6. The van der Waals surface area contributed by atoms with E-state index < -0.39 is 0 Å². The summed E-state index contributed by atoms with van der Waals surface area (Å²) >= 11 is 0. The monoisotopic (exact) mass is 284 g/mol. The number of carbonyl (C=O) groups is 1. The van der Waals surface area contributed by atoms with Crippen molar-refractivity contribution in [3.05, 3.63) is 48.2 Å². The first-order valence-corrected chi connectivity index (χ1v) is 6.84. The first-order chi connectivity index (χ1) is 10.2. The molecule has 0 radical (unpaired) electrons. The van der Waals surface area contributed by atoms with E-state index in [4.69, 9.17) is 9.47 Å². The molecule has 0 aliphatic carbocycles. The molecular formula is C16H16N2O3. The Labute approximate surface area is 122 Å². The van der Waals surface area contributed by atoms with Crippen molar-refractivity contribution in [2.24, 2.45) is 0 Å². The van der Waals surface area contributed by atoms with Crippen molar-refractivity contribution in [1.82, 2.24) is 4.98 Å². The molecule has 1 aromatic heterocycles. The normalized spacial score (nSPS) is 17.4. The van der Waals surface area contributed by atoms with Crippen LogP contribution in [-0.4, -0.2) is 23.6 Å². The summed E-state index contributed by atoms with van der Waals surface area (Å²) in [6, 6.07) is 10.9. The van der Waals surface area contributed by atoms with E-state index in [-0.39, 0.29) is 12.0 Å². The quantitative estimate of drug-likeness (QED) is 0.875. The molecule has 1 saturated heterocycles. The molecule has 1 aromatic carbocycles. The highest BCUT2D eigenvalue weighted by molar-refractivity contribution is 5.80. The molecule has 1 atom stereocenters. The number of benzene rings is 1. The van der Waals surface area contributed by atoms with Crippen LogP contribution in [0, 0.1) is 6.92 Å². The van der Waals surface area contributed by atoms with E-state index in [2.05, 4.69) is 10.3 Å². The average molecular weight is 284 g/mol. The number of nitrogens with one attached hydrogen (secondary N) is 1. The van der Waals surface area contributed by atoms with Gasteiger partial charge in [-0.3, -0.25) is 0 Å². The Kier molecular flexibility index (Phi) is 3.73. The number of carbonyl (C=O) groups excluding carboxylic acids is 1. The van der Waals surface area contributed by atoms with Gasteiger partial charge >= 0.3 is 5.97 Å². The fourth-order valence-electron chi connectivity index (χ4n) is 2.08. The van der Waals surface area contributed by atoms with E-state index in [1.54, 1.807) is 6.20 Å². The summed E-state index contributed by atoms with van der Waals surface area (Å²) in [5.41, 5.74) is 1.95. The molecule has 108 valence electrons. The van der Waals surface area contributed by atoms with E-state index >= 15 is 0 Å². The zero-order valence-electron chi connectivity index (χ0n) is 11.7. The minimum absolute atomic E-state index is 0.195. The Hall–Kier alpha value is -2.56. The van der Waals surface area contributed by atoms with Crippen molar-refractivity contribution in [1.29, 1.82) is 0 Å². The number of ether oxygens (including phenoxy) is 2. The highest BCUT2D eigenvalue weighted by atomic mass is 16.5. The van der Waals surface area contributed by atoms with E-state index in [1.807, 2.05) is 43.3 Å². The van der Waals surface area contributed by atoms with Crippen LogP contribution in [0.1, 0.15) is 12.0 Å². The molecular weight excluding hydrogens is 268 g/mol. The van der Waals surface area contributed by atoms with Crippen LogP contribution < -0.4 is 10.1 Å². The van der Waals surface area contributed by atoms with Crippen molar-refractivity contribution in [3.8, 4) is 11.6 Å². The highest BCUT2D eigenvalue weighted by Gasteiger charge is 2.25. The van der Waals surface area contributed by atoms with Gasteiger partial charge in [-0.15, -0.1) is 0 Å². The van der Waals surface area contributed by atoms with Gasteiger partial charge in [-0.1, -0.05) is 6.07 Å². The van der Waals surface area contributed by atoms with Crippen molar-refractivity contribution < 1.29 is 14.3 Å². The molecule has 3 rings (SSSR count). The molecule has 1 aliphatic rings. The second-order valence-electron chi connectivity index (χ2n) is 4.95. The molecule has 0 bridgehead atoms. The first kappa shape index (κ1) is 13.4. The lowest BCUT2D eigenvalue weighted by molar-refractivity contribution is -0.138. The third-order valence-corrected chi connectivity index (χ3v) is 3.24. The van der Waals surface area contributed by atoms with E-state index in [0.717, 1.165) is 11.3 Å². The maximum Gasteiger partial charge on any atom is 0.328 e. The standard InChI is InChI=1S/C16H16N2O3/c1-11-2-7-15(17-10-11)21-13-5-3-12(4-6-13)18-14-8-9-20-16(14)19/h2-7,10,14,18H,8-9H2,1H3/t14-/m0/s1. The molecule has 1 fully saturated rings. The van der Waals surface area contributed by atoms with Crippen LogP contribution in [0.4, 0.5) is 5.69 Å². The number of esters is 1. The molecule has 5 heteroatoms. The van der Waals surface area contributed by atoms with Crippen molar-refractivity contribution >= 4 is 11.7 Å². The maximum absolute atomic E-state index is 11.4. The number of nitrogens with zero attached hydrogens (tertiary/aromatic N) is 1. The second kappa shape index (κ2) is 5.83. The predicted octanol–water partition coefficient (Wildman–Crippen LogP) is 2.91. The van der Waals surface area contributed by atoms with Crippen molar-refractivity contribution in [2.75, 3.05) is 11.9 Å². The van der Waals surface area contributed by atoms with Crippen molar-refractivity contribution in [3.63, 3.8) is 0 Å². The van der Waals surface area contributed by atoms with Crippen LogP contribution in [-0.2, 0) is 9.53 Å². The number of aryl methyl sites for hydroxylation is 1. The number of rotatable bonds is 4. The van der Waals surface area contributed by atoms with Gasteiger partial charge in [-0.2, -0.15) is 0 Å². The Morgan fingerprint density at radius 3 is 2.67 bits per heavy atom. The van der Waals surface area contributed by atoms with Crippen LogP contribution in [0.2, 0.25) is 0 Å². The summed E-state index contributed by atoms with van der Waals surface area (Å²) in [6.07, 6.45) is 2.46. The largest absolute Gasteiger partial charge is 0.464 e. The molecule has 2 heterocycles. The van der Waals surface area contributed by atoms with Gasteiger partial charge in [-0.25, -0.2) is 9.78 Å². The van der Waals surface area contributed by atoms with E-state index in [0.29, 0.717) is 24.7 Å². The van der Waals surface area contributed by atoms with Gasteiger partial charge < -0.3 is 14.8 Å². The third-order valence-electron chi connectivity index (χ3n) is 3.24. The SMILES string of the molecule is Cc1ccc(Oc2ccc(N[C@H]3CCOC3=O)cc2)nc1. The zero-order valence-corrected chi connectivity index (χ0v) is 11.7. The number of cyclic esters (lactones) is 1. The molecule has 2 aromatic rings. The summed E-state index contributed by atoms with van der Waals surface area (Å²) in [5, 5.41) is 3.14. The molecule has 0 amide bonds. The van der Waals surface area contributed by atoms with Crippen LogP contribution in [0.3, 0.4) is 0 Å². The van der Waals surface area contributed by atoms with Crippen LogP contribution in [0.5, 0.6) is 11.6 Å². The van der Waals surface area contributed by atoms with Gasteiger partial charge in [-0.05, 0) is 36.8 Å². The third kappa shape index (κ3) is 3.31. The Morgan fingerprint density at radius 1 is 1.24 bits per heavy atom. The topological polar surface area (TPSA) is 60.5 Å². The molecule has 0 saturated carbocycles. The van der Waals surface area contributed by atoms with Crippen LogP contribution in [0.15, 0.2) is 42.6 Å². The zero-order chi connectivity index (χ0) is 14.7. The Balaban J connectivity index is 1.63. The minimum atomic E-state index is -0.254. The lowest BCUT2D eigenvalue weighted by Gasteiger charge is -2.11. The molecule has 5 nitrogen and oxygen atoms in total. The summed E-state index contributed by atoms with van der Waals surface area (Å²) in [5.74, 6) is 1.06. The maximum atomic E-state index is 11.4. The molecule has 0 unspecified atom stereocenters. The number of hydrogen-bond acceptors (Lipinski definition) is 5. The minimum Gasteiger partial charge on any atom is -0.464 e. The smallest absolute Gasteiger partial charge is 0.328 e. The summed E-state index contributed by atoms with van der Waals surface area (Å²) in [6.45, 7) is 2.46. The predicted molar refractivity (Wildman–Crippen MR) is 78.5 cm³/mol. The average Bonchev–Trinajstić information content (AvgIpc) is 2.89. The van der Waals surface area contributed by atoms with Crippen LogP contribution in [0.25, 0.3) is 0 Å². The van der Waals surface area contributed by atoms with E-state index in [1.165, 1.54) is 0 Å². The lowest BCUT2D eigenvalue weighted by Crippen LogP contribution is -2.24. The second-order valence-corrected chi connectivity index (χ2v) is 4.95. The lowest BCUT2D eigenvalue weighted by atomic mass is 10.2. The molecule has 1 N–H and O–H groups in total. The van der Waals surface area contributed by atoms with Gasteiger partial charge in [0, 0.05) is 24.4 Å². The number of aromatic nitrogens is 1. The Bertz CT molecular complexity index is 623. The Morgan fingerprint density at radius 2 is 2.05 bits per heavy atom. The fraction of sp³-hybridized carbons (Fsp3) is 0.250. The summed E-state index contributed by atoms with van der Waals surface area (Å²) < 4.78 is 10.6. The van der Waals surface area contributed by atoms with E-state index in [9.17, 15) is 4.79 Å². The van der Waals surface area contributed by atoms with Gasteiger partial charge in [0.15, 0.2) is 0 Å². The number of hydrogen-bond donors (Lipinski definition) is 1. The van der Waals surface area contributed by atoms with Gasteiger partial charge in [0.2, 0.25) is 5.88 Å². The highest BCUT2D eigenvalue weighted by Crippen LogP contribution is 2.22. The fourth-order valence-corrected chi connectivity index (χ4v) is 2.08. The van der Waals surface area contributed by atoms with Gasteiger partial charge in [0.25, 0.3) is 0 Å². The summed E-state index contributed by atoms with van der Waals surface area (Å²) in [7, 11) is 0. The first-order valence-electron chi connectivity index (χ1n) is 6.84. The molecule has 0 spiro atoms. The van der Waals surface area contributed by atoms with Gasteiger partial charge in [0.1, 0.15) is 11.8 Å². The molecule has 21 heavy (non-hydrogen) atoms. The number of pyridine rings is 1.